The molecule has 2 rings (SSSR count). The van der Waals surface area contributed by atoms with Gasteiger partial charge in [0.15, 0.2) is 5.78 Å². The van der Waals surface area contributed by atoms with Crippen LogP contribution in [0.1, 0.15) is 27.0 Å². The molecule has 2 aromatic rings. The molecule has 0 saturated heterocycles. The van der Waals surface area contributed by atoms with Crippen molar-refractivity contribution in [2.45, 2.75) is 13.8 Å². The topological polar surface area (TPSA) is 26.3 Å². The summed E-state index contributed by atoms with van der Waals surface area (Å²) in [5, 5.41) is 0.607. The molecule has 0 aliphatic carbocycles. The van der Waals surface area contributed by atoms with Crippen LogP contribution in [0.4, 0.5) is 0 Å². The number of ketones is 1. The van der Waals surface area contributed by atoms with Crippen molar-refractivity contribution in [2.75, 3.05) is 7.11 Å². The van der Waals surface area contributed by atoms with Gasteiger partial charge in [-0.2, -0.15) is 0 Å². The minimum absolute atomic E-state index is 0.0691. The summed E-state index contributed by atoms with van der Waals surface area (Å²) in [5.74, 6) is 0.547. The van der Waals surface area contributed by atoms with Crippen LogP contribution < -0.4 is 4.74 Å². The fraction of sp³-hybridized carbons (Fsp3) is 0.188. The van der Waals surface area contributed by atoms with E-state index in [1.165, 1.54) is 0 Å². The SMILES string of the molecule is COc1c(C)cc(Br)c(C)c1C(=O)c1ccc(Cl)cc1. The molecule has 0 amide bonds. The zero-order valence-electron chi connectivity index (χ0n) is 11.5. The average molecular weight is 354 g/mol. The first kappa shape index (κ1) is 15.1. The van der Waals surface area contributed by atoms with Gasteiger partial charge in [-0.1, -0.05) is 27.5 Å². The lowest BCUT2D eigenvalue weighted by molar-refractivity contribution is 0.103. The smallest absolute Gasteiger partial charge is 0.197 e. The van der Waals surface area contributed by atoms with Crippen molar-refractivity contribution in [3.05, 3.63) is 62.1 Å². The molecule has 0 bridgehead atoms. The Morgan fingerprint density at radius 1 is 1.20 bits per heavy atom. The van der Waals surface area contributed by atoms with Gasteiger partial charge in [-0.3, -0.25) is 4.79 Å². The third-order valence-electron chi connectivity index (χ3n) is 3.20. The summed E-state index contributed by atoms with van der Waals surface area (Å²) in [6.45, 7) is 3.82. The Bertz CT molecular complexity index is 663. The maximum atomic E-state index is 12.7. The van der Waals surface area contributed by atoms with Gasteiger partial charge >= 0.3 is 0 Å². The number of carbonyl (C=O) groups excluding carboxylic acids is 1. The summed E-state index contributed by atoms with van der Waals surface area (Å²) in [7, 11) is 1.58. The first-order valence-corrected chi connectivity index (χ1v) is 7.26. The van der Waals surface area contributed by atoms with Gasteiger partial charge in [0.2, 0.25) is 0 Å². The second-order valence-corrected chi connectivity index (χ2v) is 5.84. The van der Waals surface area contributed by atoms with E-state index in [2.05, 4.69) is 15.9 Å². The van der Waals surface area contributed by atoms with Gasteiger partial charge in [0.25, 0.3) is 0 Å². The predicted molar refractivity (Wildman–Crippen MR) is 85.1 cm³/mol. The normalized spacial score (nSPS) is 10.4. The van der Waals surface area contributed by atoms with Crippen LogP contribution in [0.15, 0.2) is 34.8 Å². The molecule has 2 nitrogen and oxygen atoms in total. The molecule has 0 heterocycles. The molecule has 0 unspecified atom stereocenters. The lowest BCUT2D eigenvalue weighted by Gasteiger charge is -2.15. The van der Waals surface area contributed by atoms with Crippen molar-refractivity contribution in [3.8, 4) is 5.75 Å². The molecule has 0 fully saturated rings. The highest BCUT2D eigenvalue weighted by molar-refractivity contribution is 9.10. The number of halogens is 2. The summed E-state index contributed by atoms with van der Waals surface area (Å²) >= 11 is 9.34. The van der Waals surface area contributed by atoms with Crippen LogP contribution in [-0.2, 0) is 0 Å². The van der Waals surface area contributed by atoms with Crippen LogP contribution in [0.25, 0.3) is 0 Å². The van der Waals surface area contributed by atoms with Crippen LogP contribution >= 0.6 is 27.5 Å². The van der Waals surface area contributed by atoms with E-state index in [1.807, 2.05) is 19.9 Å². The van der Waals surface area contributed by atoms with Gasteiger partial charge < -0.3 is 4.74 Å². The lowest BCUT2D eigenvalue weighted by atomic mass is 9.96. The third kappa shape index (κ3) is 2.74. The van der Waals surface area contributed by atoms with E-state index in [1.54, 1.807) is 31.4 Å². The maximum Gasteiger partial charge on any atom is 0.197 e. The summed E-state index contributed by atoms with van der Waals surface area (Å²) < 4.78 is 6.31. The van der Waals surface area contributed by atoms with Gasteiger partial charge in [-0.05, 0) is 55.3 Å². The summed E-state index contributed by atoms with van der Waals surface area (Å²) in [6, 6.07) is 8.81. The molecule has 0 radical (unpaired) electrons. The molecule has 0 saturated carbocycles. The molecular weight excluding hydrogens is 340 g/mol. The van der Waals surface area contributed by atoms with Crippen LogP contribution in [0.5, 0.6) is 5.75 Å². The Kier molecular flexibility index (Phi) is 4.51. The number of hydrogen-bond acceptors (Lipinski definition) is 2. The quantitative estimate of drug-likeness (QED) is 0.729. The van der Waals surface area contributed by atoms with Crippen molar-refractivity contribution >= 4 is 33.3 Å². The number of hydrogen-bond donors (Lipinski definition) is 0. The van der Waals surface area contributed by atoms with Crippen molar-refractivity contribution < 1.29 is 9.53 Å². The van der Waals surface area contributed by atoms with Crippen molar-refractivity contribution in [1.29, 1.82) is 0 Å². The Labute approximate surface area is 131 Å². The third-order valence-corrected chi connectivity index (χ3v) is 4.27. The maximum absolute atomic E-state index is 12.7. The van der Waals surface area contributed by atoms with E-state index in [0.29, 0.717) is 21.9 Å². The molecule has 0 N–H and O–H groups in total. The highest BCUT2D eigenvalue weighted by Gasteiger charge is 2.20. The summed E-state index contributed by atoms with van der Waals surface area (Å²) in [5.41, 5.74) is 2.96. The van der Waals surface area contributed by atoms with Crippen LogP contribution in [0.3, 0.4) is 0 Å². The molecular formula is C16H14BrClO2. The Hall–Kier alpha value is -1.32. The number of aryl methyl sites for hydroxylation is 1. The second-order valence-electron chi connectivity index (χ2n) is 4.54. The molecule has 0 aliphatic heterocycles. The highest BCUT2D eigenvalue weighted by Crippen LogP contribution is 2.33. The molecule has 0 aliphatic rings. The average Bonchev–Trinajstić information content (AvgIpc) is 2.42. The Balaban J connectivity index is 2.62. The monoisotopic (exact) mass is 352 g/mol. The number of ether oxygens (including phenoxy) is 1. The molecule has 0 spiro atoms. The number of benzene rings is 2. The number of carbonyl (C=O) groups is 1. The Morgan fingerprint density at radius 3 is 2.35 bits per heavy atom. The fourth-order valence-corrected chi connectivity index (χ4v) is 2.80. The molecule has 0 aromatic heterocycles. The lowest BCUT2D eigenvalue weighted by Crippen LogP contribution is -2.08. The van der Waals surface area contributed by atoms with Crippen molar-refractivity contribution in [3.63, 3.8) is 0 Å². The van der Waals surface area contributed by atoms with Gasteiger partial charge in [-0.25, -0.2) is 0 Å². The predicted octanol–water partition coefficient (Wildman–Crippen LogP) is 4.96. The zero-order valence-corrected chi connectivity index (χ0v) is 13.8. The van der Waals surface area contributed by atoms with E-state index in [0.717, 1.165) is 15.6 Å². The minimum Gasteiger partial charge on any atom is -0.496 e. The van der Waals surface area contributed by atoms with Crippen molar-refractivity contribution in [1.82, 2.24) is 0 Å². The summed E-state index contributed by atoms with van der Waals surface area (Å²) in [6.07, 6.45) is 0. The minimum atomic E-state index is -0.0691. The van der Waals surface area contributed by atoms with E-state index < -0.39 is 0 Å². The van der Waals surface area contributed by atoms with Crippen LogP contribution in [0, 0.1) is 13.8 Å². The first-order valence-electron chi connectivity index (χ1n) is 6.09. The molecule has 20 heavy (non-hydrogen) atoms. The highest BCUT2D eigenvalue weighted by atomic mass is 79.9. The fourth-order valence-electron chi connectivity index (χ4n) is 2.13. The van der Waals surface area contributed by atoms with E-state index >= 15 is 0 Å². The first-order chi connectivity index (χ1) is 9.45. The van der Waals surface area contributed by atoms with E-state index in [4.69, 9.17) is 16.3 Å². The van der Waals surface area contributed by atoms with Gasteiger partial charge in [0, 0.05) is 15.1 Å². The van der Waals surface area contributed by atoms with E-state index in [-0.39, 0.29) is 5.78 Å². The molecule has 2 aromatic carbocycles. The molecule has 4 heteroatoms. The van der Waals surface area contributed by atoms with Gasteiger partial charge in [0.05, 0.1) is 12.7 Å². The summed E-state index contributed by atoms with van der Waals surface area (Å²) in [4.78, 5) is 12.7. The number of methoxy groups -OCH3 is 1. The zero-order chi connectivity index (χ0) is 14.9. The van der Waals surface area contributed by atoms with Gasteiger partial charge in [-0.15, -0.1) is 0 Å². The Morgan fingerprint density at radius 2 is 1.80 bits per heavy atom. The number of rotatable bonds is 3. The van der Waals surface area contributed by atoms with E-state index in [9.17, 15) is 4.79 Å². The second kappa shape index (κ2) is 5.98. The molecule has 104 valence electrons. The van der Waals surface area contributed by atoms with Gasteiger partial charge in [0.1, 0.15) is 5.75 Å². The van der Waals surface area contributed by atoms with Crippen molar-refractivity contribution in [2.24, 2.45) is 0 Å². The van der Waals surface area contributed by atoms with Crippen LogP contribution in [-0.4, -0.2) is 12.9 Å². The standard InChI is InChI=1S/C16H14BrClO2/c1-9-8-13(17)10(2)14(16(9)20-3)15(19)11-4-6-12(18)7-5-11/h4-8H,1-3H3. The largest absolute Gasteiger partial charge is 0.496 e. The van der Waals surface area contributed by atoms with Crippen LogP contribution in [0.2, 0.25) is 5.02 Å². The molecule has 0 atom stereocenters.